The molecule has 0 fully saturated rings. The van der Waals surface area contributed by atoms with Crippen molar-refractivity contribution in [2.45, 2.75) is 13.3 Å². The molecule has 30 heavy (non-hydrogen) atoms. The Morgan fingerprint density at radius 3 is 2.13 bits per heavy atom. The van der Waals surface area contributed by atoms with Crippen molar-refractivity contribution in [1.82, 2.24) is 0 Å². The number of thiophene rings is 1. The fraction of sp³-hybridized carbons (Fsp3) is 0.0833. The Morgan fingerprint density at radius 1 is 0.933 bits per heavy atom. The van der Waals surface area contributed by atoms with Gasteiger partial charge in [-0.2, -0.15) is 0 Å². The van der Waals surface area contributed by atoms with Gasteiger partial charge >= 0.3 is 0 Å². The summed E-state index contributed by atoms with van der Waals surface area (Å²) in [6.07, 6.45) is 2.60. The lowest BCUT2D eigenvalue weighted by molar-refractivity contribution is 0.0990. The highest BCUT2D eigenvalue weighted by Gasteiger charge is 2.34. The number of rotatable bonds is 3. The molecule has 1 aliphatic rings. The number of allylic oxidation sites excluding steroid dienone is 1. The summed E-state index contributed by atoms with van der Waals surface area (Å²) < 4.78 is 6.95. The summed E-state index contributed by atoms with van der Waals surface area (Å²) in [6, 6.07) is 15.0. The summed E-state index contributed by atoms with van der Waals surface area (Å²) >= 11 is 13.5. The summed E-state index contributed by atoms with van der Waals surface area (Å²) in [5, 5.41) is 0.511. The van der Waals surface area contributed by atoms with Gasteiger partial charge in [-0.15, -0.1) is 11.3 Å². The molecule has 0 aliphatic heterocycles. The molecule has 0 saturated heterocycles. The molecular weight excluding hydrogens is 439 g/mol. The average molecular weight is 453 g/mol. The third-order valence-corrected chi connectivity index (χ3v) is 6.93. The van der Waals surface area contributed by atoms with E-state index in [1.54, 1.807) is 6.08 Å². The molecule has 2 heterocycles. The van der Waals surface area contributed by atoms with Crippen LogP contribution in [-0.4, -0.2) is 11.6 Å². The van der Waals surface area contributed by atoms with Crippen molar-refractivity contribution < 1.29 is 14.0 Å². The Morgan fingerprint density at radius 2 is 1.57 bits per heavy atom. The van der Waals surface area contributed by atoms with E-state index in [4.69, 9.17) is 27.6 Å². The minimum Gasteiger partial charge on any atom is -0.455 e. The number of halogens is 2. The predicted octanol–water partition coefficient (Wildman–Crippen LogP) is 7.49. The molecule has 0 atom stereocenters. The predicted molar refractivity (Wildman–Crippen MR) is 122 cm³/mol. The lowest BCUT2D eigenvalue weighted by atomic mass is 10.1. The van der Waals surface area contributed by atoms with E-state index in [9.17, 15) is 9.59 Å². The fourth-order valence-electron chi connectivity index (χ4n) is 3.56. The Kier molecular flexibility index (Phi) is 4.66. The molecule has 0 bridgehead atoms. The van der Waals surface area contributed by atoms with E-state index in [0.29, 0.717) is 11.1 Å². The average Bonchev–Trinajstić information content (AvgIpc) is 3.37. The van der Waals surface area contributed by atoms with Crippen molar-refractivity contribution in [3.8, 4) is 11.3 Å². The van der Waals surface area contributed by atoms with Gasteiger partial charge in [0.05, 0.1) is 20.3 Å². The Hall–Kier alpha value is -2.66. The molecule has 0 unspecified atom stereocenters. The molecule has 5 rings (SSSR count). The number of carbonyl (C=O) groups is 2. The molecule has 2 aromatic carbocycles. The van der Waals surface area contributed by atoms with Crippen LogP contribution >= 0.6 is 34.5 Å². The zero-order valence-electron chi connectivity index (χ0n) is 15.8. The van der Waals surface area contributed by atoms with Crippen LogP contribution in [0.3, 0.4) is 0 Å². The van der Waals surface area contributed by atoms with Crippen LogP contribution < -0.4 is 0 Å². The van der Waals surface area contributed by atoms with Gasteiger partial charge in [-0.05, 0) is 36.3 Å². The lowest BCUT2D eigenvalue weighted by Crippen LogP contribution is -1.99. The van der Waals surface area contributed by atoms with Crippen LogP contribution in [0.15, 0.2) is 58.5 Å². The van der Waals surface area contributed by atoms with Gasteiger partial charge in [0.15, 0.2) is 11.6 Å². The Bertz CT molecular complexity index is 1300. The summed E-state index contributed by atoms with van der Waals surface area (Å²) in [7, 11) is 0. The number of benzene rings is 2. The number of hydrogen-bond donors (Lipinski definition) is 0. The van der Waals surface area contributed by atoms with E-state index in [-0.39, 0.29) is 27.2 Å². The van der Waals surface area contributed by atoms with E-state index >= 15 is 0 Å². The zero-order chi connectivity index (χ0) is 21.0. The van der Waals surface area contributed by atoms with Crippen molar-refractivity contribution in [3.63, 3.8) is 0 Å². The number of carbonyl (C=O) groups excluding carboxylic acids is 2. The van der Waals surface area contributed by atoms with Gasteiger partial charge in [-0.25, -0.2) is 0 Å². The van der Waals surface area contributed by atoms with Crippen molar-refractivity contribution in [2.24, 2.45) is 0 Å². The van der Waals surface area contributed by atoms with Crippen LogP contribution in [0.2, 0.25) is 10.0 Å². The number of fused-ring (bicyclic) bond motifs is 2. The topological polar surface area (TPSA) is 47.3 Å². The summed E-state index contributed by atoms with van der Waals surface area (Å²) in [4.78, 5) is 26.2. The Balaban J connectivity index is 1.48. The molecule has 0 saturated carbocycles. The van der Waals surface area contributed by atoms with Crippen LogP contribution in [-0.2, 0) is 6.42 Å². The lowest BCUT2D eigenvalue weighted by Gasteiger charge is -1.99. The third-order valence-electron chi connectivity index (χ3n) is 5.20. The van der Waals surface area contributed by atoms with E-state index in [2.05, 4.69) is 19.1 Å². The largest absolute Gasteiger partial charge is 0.455 e. The first kappa shape index (κ1) is 19.3. The third kappa shape index (κ3) is 3.12. The van der Waals surface area contributed by atoms with Crippen molar-refractivity contribution in [2.75, 3.05) is 0 Å². The first-order valence-electron chi connectivity index (χ1n) is 9.37. The summed E-state index contributed by atoms with van der Waals surface area (Å²) in [5.41, 5.74) is 3.71. The monoisotopic (exact) mass is 452 g/mol. The van der Waals surface area contributed by atoms with Crippen LogP contribution in [0.4, 0.5) is 0 Å². The number of ketones is 2. The van der Waals surface area contributed by atoms with Crippen molar-refractivity contribution in [1.29, 1.82) is 0 Å². The molecule has 6 heteroatoms. The highest BCUT2D eigenvalue weighted by Crippen LogP contribution is 2.37. The quantitative estimate of drug-likeness (QED) is 0.238. The molecule has 0 spiro atoms. The van der Waals surface area contributed by atoms with Gasteiger partial charge in [-0.3, -0.25) is 9.59 Å². The smallest absolute Gasteiger partial charge is 0.197 e. The van der Waals surface area contributed by atoms with Crippen molar-refractivity contribution in [3.05, 3.63) is 85.7 Å². The normalized spacial score (nSPS) is 13.4. The highest BCUT2D eigenvalue weighted by atomic mass is 35.5. The minimum atomic E-state index is -0.338. The molecular formula is C24H14Cl2O3S. The standard InChI is InChI=1S/C24H14Cl2O3S/c1-2-12-3-5-13(6-4-12)20-11-22-21(29-20)8-14(30-22)7-17-23(27)15-9-18(25)19(26)10-16(15)24(17)28/h3-11H,2H2,1H3. The molecule has 148 valence electrons. The zero-order valence-corrected chi connectivity index (χ0v) is 18.1. The number of furan rings is 1. The minimum absolute atomic E-state index is 0.114. The van der Waals surface area contributed by atoms with Gasteiger partial charge in [-0.1, -0.05) is 54.4 Å². The second kappa shape index (κ2) is 7.24. The molecule has 3 nitrogen and oxygen atoms in total. The van der Waals surface area contributed by atoms with Crippen LogP contribution in [0.5, 0.6) is 0 Å². The summed E-state index contributed by atoms with van der Waals surface area (Å²) in [5.74, 6) is 0.119. The first-order valence-corrected chi connectivity index (χ1v) is 10.9. The van der Waals surface area contributed by atoms with Crippen LogP contribution in [0, 0.1) is 0 Å². The number of Topliss-reactive ketones (excluding diaryl/α,β-unsaturated/α-hetero) is 2. The summed E-state index contributed by atoms with van der Waals surface area (Å²) in [6.45, 7) is 2.12. The van der Waals surface area contributed by atoms with E-state index < -0.39 is 0 Å². The molecule has 4 aromatic rings. The van der Waals surface area contributed by atoms with Gasteiger partial charge in [0.1, 0.15) is 11.3 Å². The number of hydrogen-bond acceptors (Lipinski definition) is 4. The second-order valence-corrected chi connectivity index (χ2v) is 9.00. The van der Waals surface area contributed by atoms with E-state index in [1.165, 1.54) is 29.0 Å². The maximum atomic E-state index is 12.7. The molecule has 2 aromatic heterocycles. The maximum Gasteiger partial charge on any atom is 0.197 e. The SMILES string of the molecule is CCc1ccc(-c2cc3sc(C=C4C(=O)c5cc(Cl)c(Cl)cc5C4=O)cc3o2)cc1. The molecule has 0 radical (unpaired) electrons. The fourth-order valence-corrected chi connectivity index (χ4v) is 4.85. The maximum absolute atomic E-state index is 12.7. The Labute approximate surface area is 186 Å². The van der Waals surface area contributed by atoms with Crippen LogP contribution in [0.1, 0.15) is 38.1 Å². The van der Waals surface area contributed by atoms with Gasteiger partial charge in [0, 0.05) is 27.6 Å². The molecule has 0 amide bonds. The van der Waals surface area contributed by atoms with E-state index in [0.717, 1.165) is 32.9 Å². The molecule has 0 N–H and O–H groups in total. The highest BCUT2D eigenvalue weighted by molar-refractivity contribution is 7.19. The molecule has 1 aliphatic carbocycles. The first-order chi connectivity index (χ1) is 14.4. The van der Waals surface area contributed by atoms with E-state index in [1.807, 2.05) is 24.3 Å². The number of aryl methyl sites for hydroxylation is 1. The van der Waals surface area contributed by atoms with Gasteiger partial charge < -0.3 is 4.42 Å². The second-order valence-electron chi connectivity index (χ2n) is 7.07. The van der Waals surface area contributed by atoms with Gasteiger partial charge in [0.2, 0.25) is 0 Å². The van der Waals surface area contributed by atoms with Crippen molar-refractivity contribution >= 4 is 62.5 Å². The van der Waals surface area contributed by atoms with Gasteiger partial charge in [0.25, 0.3) is 0 Å². The van der Waals surface area contributed by atoms with Crippen LogP contribution in [0.25, 0.3) is 27.7 Å².